The van der Waals surface area contributed by atoms with Gasteiger partial charge < -0.3 is 4.74 Å². The summed E-state index contributed by atoms with van der Waals surface area (Å²) in [4.78, 5) is 16.3. The number of nitrogens with zero attached hydrogens (tertiary/aromatic N) is 1. The maximum Gasteiger partial charge on any atom is 0.150 e. The van der Waals surface area contributed by atoms with Crippen LogP contribution in [0.3, 0.4) is 0 Å². The summed E-state index contributed by atoms with van der Waals surface area (Å²) in [5, 5.41) is 1.96. The van der Waals surface area contributed by atoms with Gasteiger partial charge in [-0.15, -0.1) is 0 Å². The van der Waals surface area contributed by atoms with Crippen molar-refractivity contribution in [1.82, 2.24) is 5.06 Å². The standard InChI is InChI=1S/C20H31NO3/c1-21-15-14-20(24-21)9-7-5-3-2-4-6-8-16-23-19-12-10-18(17-22)11-13-19/h10-13,17,20H,2-9,14-16H2,1H3. The number of carbonyl (C=O) groups excluding carboxylic acids is 1. The summed E-state index contributed by atoms with van der Waals surface area (Å²) < 4.78 is 5.68. The molecule has 134 valence electrons. The van der Waals surface area contributed by atoms with Crippen LogP contribution >= 0.6 is 0 Å². The number of carbonyl (C=O) groups is 1. The van der Waals surface area contributed by atoms with E-state index in [1.807, 2.05) is 24.2 Å². The summed E-state index contributed by atoms with van der Waals surface area (Å²) >= 11 is 0. The lowest BCUT2D eigenvalue weighted by molar-refractivity contribution is -0.128. The highest BCUT2D eigenvalue weighted by Gasteiger charge is 2.19. The molecule has 0 saturated carbocycles. The summed E-state index contributed by atoms with van der Waals surface area (Å²) in [5.74, 6) is 0.848. The second-order valence-electron chi connectivity index (χ2n) is 6.67. The first-order chi connectivity index (χ1) is 11.8. The monoisotopic (exact) mass is 333 g/mol. The molecule has 1 aliphatic rings. The summed E-state index contributed by atoms with van der Waals surface area (Å²) in [7, 11) is 2.02. The molecule has 1 aromatic carbocycles. The van der Waals surface area contributed by atoms with Crippen LogP contribution in [0.4, 0.5) is 0 Å². The van der Waals surface area contributed by atoms with E-state index in [1.165, 1.54) is 51.4 Å². The average molecular weight is 333 g/mol. The van der Waals surface area contributed by atoms with Crippen LogP contribution in [-0.4, -0.2) is 37.7 Å². The number of benzene rings is 1. The van der Waals surface area contributed by atoms with Gasteiger partial charge in [0.2, 0.25) is 0 Å². The maximum absolute atomic E-state index is 10.6. The van der Waals surface area contributed by atoms with Crippen molar-refractivity contribution in [3.05, 3.63) is 29.8 Å². The van der Waals surface area contributed by atoms with Gasteiger partial charge in [0, 0.05) is 19.2 Å². The Hall–Kier alpha value is -1.39. The van der Waals surface area contributed by atoms with E-state index in [4.69, 9.17) is 9.57 Å². The summed E-state index contributed by atoms with van der Waals surface area (Å²) in [6, 6.07) is 7.29. The molecule has 0 radical (unpaired) electrons. The van der Waals surface area contributed by atoms with Gasteiger partial charge in [-0.1, -0.05) is 38.5 Å². The maximum atomic E-state index is 10.6. The van der Waals surface area contributed by atoms with E-state index in [2.05, 4.69) is 0 Å². The highest BCUT2D eigenvalue weighted by atomic mass is 16.7. The fourth-order valence-corrected chi connectivity index (χ4v) is 3.07. The van der Waals surface area contributed by atoms with E-state index in [-0.39, 0.29) is 0 Å². The average Bonchev–Trinajstić information content (AvgIpc) is 3.02. The third-order valence-corrected chi connectivity index (χ3v) is 4.55. The van der Waals surface area contributed by atoms with Crippen LogP contribution in [0.15, 0.2) is 24.3 Å². The lowest BCUT2D eigenvalue weighted by Crippen LogP contribution is -2.13. The molecule has 2 rings (SSSR count). The number of hydrogen-bond acceptors (Lipinski definition) is 4. The van der Waals surface area contributed by atoms with E-state index in [9.17, 15) is 4.79 Å². The Morgan fingerprint density at radius 2 is 1.75 bits per heavy atom. The van der Waals surface area contributed by atoms with E-state index < -0.39 is 0 Å². The Bertz CT molecular complexity index is 460. The number of aldehydes is 1. The van der Waals surface area contributed by atoms with E-state index in [0.717, 1.165) is 31.6 Å². The zero-order valence-electron chi connectivity index (χ0n) is 14.9. The quantitative estimate of drug-likeness (QED) is 0.413. The minimum Gasteiger partial charge on any atom is -0.494 e. The van der Waals surface area contributed by atoms with Gasteiger partial charge in [0.1, 0.15) is 12.0 Å². The predicted octanol–water partition coefficient (Wildman–Crippen LogP) is 4.63. The summed E-state index contributed by atoms with van der Waals surface area (Å²) in [5.41, 5.74) is 0.689. The lowest BCUT2D eigenvalue weighted by atomic mass is 10.1. The van der Waals surface area contributed by atoms with Crippen molar-refractivity contribution in [1.29, 1.82) is 0 Å². The number of rotatable bonds is 12. The molecule has 4 heteroatoms. The van der Waals surface area contributed by atoms with Crippen molar-refractivity contribution in [3.8, 4) is 5.75 Å². The molecule has 0 aromatic heterocycles. The van der Waals surface area contributed by atoms with Crippen molar-refractivity contribution in [3.63, 3.8) is 0 Å². The molecule has 0 aliphatic carbocycles. The molecular weight excluding hydrogens is 302 g/mol. The van der Waals surface area contributed by atoms with Gasteiger partial charge in [0.25, 0.3) is 0 Å². The third kappa shape index (κ3) is 7.45. The van der Waals surface area contributed by atoms with E-state index in [1.54, 1.807) is 12.1 Å². The van der Waals surface area contributed by atoms with Crippen LogP contribution in [0, 0.1) is 0 Å². The molecule has 0 N–H and O–H groups in total. The van der Waals surface area contributed by atoms with Crippen LogP contribution < -0.4 is 4.74 Å². The van der Waals surface area contributed by atoms with Gasteiger partial charge >= 0.3 is 0 Å². The lowest BCUT2D eigenvalue weighted by Gasteiger charge is -2.11. The van der Waals surface area contributed by atoms with Crippen molar-refractivity contribution in [2.45, 2.75) is 63.9 Å². The van der Waals surface area contributed by atoms with Crippen LogP contribution in [0.5, 0.6) is 5.75 Å². The smallest absolute Gasteiger partial charge is 0.150 e. The first kappa shape index (κ1) is 18.9. The predicted molar refractivity (Wildman–Crippen MR) is 96.4 cm³/mol. The second-order valence-corrected chi connectivity index (χ2v) is 6.67. The SMILES string of the molecule is CN1CCC(CCCCCCCCCOc2ccc(C=O)cc2)O1. The molecule has 1 fully saturated rings. The van der Waals surface area contributed by atoms with E-state index >= 15 is 0 Å². The van der Waals surface area contributed by atoms with Gasteiger partial charge in [0.15, 0.2) is 0 Å². The normalized spacial score (nSPS) is 18.0. The van der Waals surface area contributed by atoms with Crippen LogP contribution in [-0.2, 0) is 4.84 Å². The molecule has 0 bridgehead atoms. The van der Waals surface area contributed by atoms with Crippen molar-refractivity contribution >= 4 is 6.29 Å². The highest BCUT2D eigenvalue weighted by molar-refractivity contribution is 5.74. The van der Waals surface area contributed by atoms with Gasteiger partial charge in [-0.2, -0.15) is 5.06 Å². The molecule has 1 heterocycles. The van der Waals surface area contributed by atoms with Gasteiger partial charge in [-0.25, -0.2) is 0 Å². The van der Waals surface area contributed by atoms with Gasteiger partial charge in [-0.05, 0) is 43.5 Å². The molecule has 1 aromatic rings. The number of ether oxygens (including phenoxy) is 1. The molecule has 1 saturated heterocycles. The molecule has 0 spiro atoms. The summed E-state index contributed by atoms with van der Waals surface area (Å²) in [6.45, 7) is 1.83. The molecular formula is C20H31NO3. The number of unbranched alkanes of at least 4 members (excludes halogenated alkanes) is 6. The largest absolute Gasteiger partial charge is 0.494 e. The topological polar surface area (TPSA) is 38.8 Å². The number of hydrogen-bond donors (Lipinski definition) is 0. The molecule has 4 nitrogen and oxygen atoms in total. The number of hydroxylamine groups is 2. The first-order valence-corrected chi connectivity index (χ1v) is 9.34. The Kier molecular flexibility index (Phi) is 8.85. The highest BCUT2D eigenvalue weighted by Crippen LogP contribution is 2.18. The zero-order chi connectivity index (χ0) is 17.0. The molecule has 1 aliphatic heterocycles. The second kappa shape index (κ2) is 11.2. The Morgan fingerprint density at radius 1 is 1.08 bits per heavy atom. The molecule has 24 heavy (non-hydrogen) atoms. The van der Waals surface area contributed by atoms with Crippen LogP contribution in [0.1, 0.15) is 68.1 Å². The van der Waals surface area contributed by atoms with Crippen molar-refractivity contribution in [2.24, 2.45) is 0 Å². The van der Waals surface area contributed by atoms with Crippen molar-refractivity contribution in [2.75, 3.05) is 20.2 Å². The molecule has 0 amide bonds. The fraction of sp³-hybridized carbons (Fsp3) is 0.650. The van der Waals surface area contributed by atoms with Crippen LogP contribution in [0.2, 0.25) is 0 Å². The molecule has 1 atom stereocenters. The van der Waals surface area contributed by atoms with E-state index in [0.29, 0.717) is 11.7 Å². The fourth-order valence-electron chi connectivity index (χ4n) is 3.07. The molecule has 1 unspecified atom stereocenters. The van der Waals surface area contributed by atoms with Crippen LogP contribution in [0.25, 0.3) is 0 Å². The van der Waals surface area contributed by atoms with Gasteiger partial charge in [-0.3, -0.25) is 9.63 Å². The van der Waals surface area contributed by atoms with Gasteiger partial charge in [0.05, 0.1) is 12.7 Å². The Morgan fingerprint density at radius 3 is 2.38 bits per heavy atom. The Balaban J connectivity index is 1.37. The van der Waals surface area contributed by atoms with Crippen molar-refractivity contribution < 1.29 is 14.4 Å². The summed E-state index contributed by atoms with van der Waals surface area (Å²) in [6.07, 6.45) is 12.6. The zero-order valence-corrected chi connectivity index (χ0v) is 14.9. The minimum absolute atomic E-state index is 0.466. The third-order valence-electron chi connectivity index (χ3n) is 4.55. The minimum atomic E-state index is 0.466. The Labute approximate surface area is 146 Å². The first-order valence-electron chi connectivity index (χ1n) is 9.34.